The lowest BCUT2D eigenvalue weighted by Gasteiger charge is -2.39. The first-order valence-electron chi connectivity index (χ1n) is 6.64. The molecular formula is C14H24O2. The van der Waals surface area contributed by atoms with Gasteiger partial charge in [0.15, 0.2) is 0 Å². The Kier molecular flexibility index (Phi) is 2.80. The van der Waals surface area contributed by atoms with E-state index < -0.39 is 5.97 Å². The van der Waals surface area contributed by atoms with E-state index >= 15 is 0 Å². The Morgan fingerprint density at radius 3 is 2.31 bits per heavy atom. The van der Waals surface area contributed by atoms with Crippen LogP contribution in [0.1, 0.15) is 59.3 Å². The number of carboxylic acid groups (broad SMARTS) is 1. The highest BCUT2D eigenvalue weighted by atomic mass is 16.4. The van der Waals surface area contributed by atoms with Gasteiger partial charge >= 0.3 is 5.97 Å². The smallest absolute Gasteiger partial charge is 0.307 e. The fraction of sp³-hybridized carbons (Fsp3) is 0.929. The zero-order valence-electron chi connectivity index (χ0n) is 10.8. The zero-order valence-corrected chi connectivity index (χ0v) is 10.8. The Balaban J connectivity index is 1.91. The standard InChI is InChI=1S/C14H24O2/c1-4-13(2,3)10-5-7-14(8-6-10)9-11(14)12(15)16/h10-11H,4-9H2,1-3H3,(H,15,16)/t10?,11-,14?/m0/s1. The highest BCUT2D eigenvalue weighted by Crippen LogP contribution is 2.63. The van der Waals surface area contributed by atoms with Crippen LogP contribution < -0.4 is 0 Å². The minimum atomic E-state index is -0.562. The van der Waals surface area contributed by atoms with Gasteiger partial charge in [0, 0.05) is 0 Å². The maximum absolute atomic E-state index is 11.0. The van der Waals surface area contributed by atoms with E-state index in [4.69, 9.17) is 5.11 Å². The van der Waals surface area contributed by atoms with E-state index in [2.05, 4.69) is 20.8 Å². The van der Waals surface area contributed by atoms with Crippen molar-refractivity contribution in [3.05, 3.63) is 0 Å². The monoisotopic (exact) mass is 224 g/mol. The van der Waals surface area contributed by atoms with Gasteiger partial charge in [-0.2, -0.15) is 0 Å². The van der Waals surface area contributed by atoms with Crippen molar-refractivity contribution in [2.75, 3.05) is 0 Å². The molecule has 0 amide bonds. The third kappa shape index (κ3) is 1.87. The number of hydrogen-bond donors (Lipinski definition) is 1. The minimum absolute atomic E-state index is 0.0156. The summed E-state index contributed by atoms with van der Waals surface area (Å²) in [5.41, 5.74) is 0.654. The second-order valence-electron chi connectivity index (χ2n) is 6.57. The first-order chi connectivity index (χ1) is 7.41. The molecule has 2 heteroatoms. The Morgan fingerprint density at radius 2 is 1.94 bits per heavy atom. The Morgan fingerprint density at radius 1 is 1.38 bits per heavy atom. The SMILES string of the molecule is CCC(C)(C)C1CCC2(CC1)C[C@H]2C(=O)O. The molecule has 0 heterocycles. The first-order valence-corrected chi connectivity index (χ1v) is 6.64. The summed E-state index contributed by atoms with van der Waals surface area (Å²) in [5.74, 6) is 0.226. The van der Waals surface area contributed by atoms with Gasteiger partial charge in [0.25, 0.3) is 0 Å². The van der Waals surface area contributed by atoms with Gasteiger partial charge in [-0.25, -0.2) is 0 Å². The van der Waals surface area contributed by atoms with Crippen molar-refractivity contribution in [2.24, 2.45) is 22.7 Å². The van der Waals surface area contributed by atoms with Gasteiger partial charge in [-0.15, -0.1) is 0 Å². The average molecular weight is 224 g/mol. The van der Waals surface area contributed by atoms with E-state index in [9.17, 15) is 4.79 Å². The topological polar surface area (TPSA) is 37.3 Å². The average Bonchev–Trinajstić information content (AvgIpc) is 2.93. The molecule has 2 fully saturated rings. The van der Waals surface area contributed by atoms with Crippen LogP contribution in [0.2, 0.25) is 0 Å². The molecule has 16 heavy (non-hydrogen) atoms. The number of carbonyl (C=O) groups is 1. The van der Waals surface area contributed by atoms with Gasteiger partial charge in [-0.1, -0.05) is 27.2 Å². The molecule has 0 unspecified atom stereocenters. The van der Waals surface area contributed by atoms with E-state index in [1.807, 2.05) is 0 Å². The summed E-state index contributed by atoms with van der Waals surface area (Å²) < 4.78 is 0. The molecule has 2 rings (SSSR count). The highest BCUT2D eigenvalue weighted by Gasteiger charge is 2.59. The summed E-state index contributed by atoms with van der Waals surface area (Å²) in [6, 6.07) is 0. The molecule has 0 aromatic carbocycles. The van der Waals surface area contributed by atoms with Crippen LogP contribution in [0, 0.1) is 22.7 Å². The van der Waals surface area contributed by atoms with E-state index in [1.54, 1.807) is 0 Å². The van der Waals surface area contributed by atoms with Crippen molar-refractivity contribution in [3.63, 3.8) is 0 Å². The molecule has 92 valence electrons. The summed E-state index contributed by atoms with van der Waals surface area (Å²) in [5, 5.41) is 9.04. The Labute approximate surface area is 98.4 Å². The summed E-state index contributed by atoms with van der Waals surface area (Å²) in [4.78, 5) is 11.0. The van der Waals surface area contributed by atoms with Crippen LogP contribution in [-0.4, -0.2) is 11.1 Å². The normalized spacial score (nSPS) is 38.7. The number of hydrogen-bond acceptors (Lipinski definition) is 1. The predicted octanol–water partition coefficient (Wildman–Crippen LogP) is 3.70. The van der Waals surface area contributed by atoms with Crippen LogP contribution in [0.3, 0.4) is 0 Å². The molecule has 1 atom stereocenters. The Bertz CT molecular complexity index is 285. The van der Waals surface area contributed by atoms with Gasteiger partial charge in [0.2, 0.25) is 0 Å². The van der Waals surface area contributed by atoms with Crippen molar-refractivity contribution in [1.82, 2.24) is 0 Å². The zero-order chi connectivity index (χ0) is 12.0. The molecular weight excluding hydrogens is 200 g/mol. The quantitative estimate of drug-likeness (QED) is 0.793. The van der Waals surface area contributed by atoms with Gasteiger partial charge < -0.3 is 5.11 Å². The van der Waals surface area contributed by atoms with E-state index in [-0.39, 0.29) is 11.3 Å². The third-order valence-corrected chi connectivity index (χ3v) is 5.49. The molecule has 1 spiro atoms. The van der Waals surface area contributed by atoms with Crippen LogP contribution in [0.15, 0.2) is 0 Å². The summed E-state index contributed by atoms with van der Waals surface area (Å²) in [6.45, 7) is 6.98. The van der Waals surface area contributed by atoms with E-state index in [1.165, 1.54) is 19.3 Å². The number of carboxylic acids is 1. The van der Waals surface area contributed by atoms with Crippen LogP contribution in [0.25, 0.3) is 0 Å². The molecule has 0 aromatic rings. The number of rotatable bonds is 3. The second-order valence-corrected chi connectivity index (χ2v) is 6.57. The number of aliphatic carboxylic acids is 1. The van der Waals surface area contributed by atoms with Gasteiger partial charge in [0.1, 0.15) is 0 Å². The molecule has 0 aliphatic heterocycles. The van der Waals surface area contributed by atoms with Gasteiger partial charge in [-0.3, -0.25) is 4.79 Å². The lowest BCUT2D eigenvalue weighted by Crippen LogP contribution is -2.29. The van der Waals surface area contributed by atoms with Gasteiger partial charge in [-0.05, 0) is 48.9 Å². The van der Waals surface area contributed by atoms with Crippen LogP contribution in [0.4, 0.5) is 0 Å². The van der Waals surface area contributed by atoms with Crippen LogP contribution in [-0.2, 0) is 4.79 Å². The molecule has 2 aliphatic carbocycles. The largest absolute Gasteiger partial charge is 0.481 e. The van der Waals surface area contributed by atoms with Crippen molar-refractivity contribution in [2.45, 2.75) is 59.3 Å². The molecule has 0 radical (unpaired) electrons. The summed E-state index contributed by atoms with van der Waals surface area (Å²) >= 11 is 0. The van der Waals surface area contributed by atoms with Crippen molar-refractivity contribution in [3.8, 4) is 0 Å². The lowest BCUT2D eigenvalue weighted by atomic mass is 9.66. The lowest BCUT2D eigenvalue weighted by molar-refractivity contribution is -0.139. The predicted molar refractivity (Wildman–Crippen MR) is 64.2 cm³/mol. The molecule has 1 N–H and O–H groups in total. The second kappa shape index (κ2) is 3.75. The summed E-state index contributed by atoms with van der Waals surface area (Å²) in [6.07, 6.45) is 6.96. The maximum Gasteiger partial charge on any atom is 0.307 e. The first kappa shape index (κ1) is 11.9. The van der Waals surface area contributed by atoms with Crippen LogP contribution in [0.5, 0.6) is 0 Å². The maximum atomic E-state index is 11.0. The third-order valence-electron chi connectivity index (χ3n) is 5.49. The molecule has 0 bridgehead atoms. The molecule has 0 saturated heterocycles. The van der Waals surface area contributed by atoms with Crippen LogP contribution >= 0.6 is 0 Å². The molecule has 2 aliphatic rings. The van der Waals surface area contributed by atoms with Crippen molar-refractivity contribution < 1.29 is 9.90 Å². The Hall–Kier alpha value is -0.530. The molecule has 0 aromatic heterocycles. The fourth-order valence-corrected chi connectivity index (χ4v) is 3.51. The van der Waals surface area contributed by atoms with E-state index in [0.29, 0.717) is 5.41 Å². The minimum Gasteiger partial charge on any atom is -0.481 e. The molecule has 2 nitrogen and oxygen atoms in total. The highest BCUT2D eigenvalue weighted by molar-refractivity contribution is 5.74. The van der Waals surface area contributed by atoms with Crippen molar-refractivity contribution >= 4 is 5.97 Å². The van der Waals surface area contributed by atoms with Gasteiger partial charge in [0.05, 0.1) is 5.92 Å². The molecule has 2 saturated carbocycles. The fourth-order valence-electron chi connectivity index (χ4n) is 3.51. The van der Waals surface area contributed by atoms with Crippen molar-refractivity contribution in [1.29, 1.82) is 0 Å². The summed E-state index contributed by atoms with van der Waals surface area (Å²) in [7, 11) is 0. The van der Waals surface area contributed by atoms with E-state index in [0.717, 1.165) is 25.2 Å².